The third-order valence-corrected chi connectivity index (χ3v) is 4.66. The van der Waals surface area contributed by atoms with Gasteiger partial charge in [-0.1, -0.05) is 48.5 Å². The van der Waals surface area contributed by atoms with E-state index in [1.165, 1.54) is 12.3 Å². The molecule has 0 radical (unpaired) electrons. The molecule has 1 N–H and O–H groups in total. The lowest BCUT2D eigenvalue weighted by Gasteiger charge is -2.17. The fourth-order valence-corrected chi connectivity index (χ4v) is 3.11. The van der Waals surface area contributed by atoms with Gasteiger partial charge in [-0.2, -0.15) is 0 Å². The van der Waals surface area contributed by atoms with Crippen LogP contribution in [0, 0.1) is 0 Å². The second-order valence-corrected chi connectivity index (χ2v) is 6.87. The Bertz CT molecular complexity index is 1160. The molecule has 2 aromatic carbocycles. The predicted molar refractivity (Wildman–Crippen MR) is 112 cm³/mol. The van der Waals surface area contributed by atoms with Gasteiger partial charge in [0.2, 0.25) is 5.78 Å². The van der Waals surface area contributed by atoms with Gasteiger partial charge in [0.25, 0.3) is 5.91 Å². The summed E-state index contributed by atoms with van der Waals surface area (Å²) in [5, 5.41) is 3.39. The van der Waals surface area contributed by atoms with E-state index >= 15 is 0 Å². The molecule has 4 aromatic rings. The third-order valence-electron chi connectivity index (χ3n) is 4.66. The molecule has 1 amide bonds. The summed E-state index contributed by atoms with van der Waals surface area (Å²) in [6.45, 7) is -0.499. The van der Waals surface area contributed by atoms with Crippen LogP contribution in [0.3, 0.4) is 0 Å². The molecule has 0 aliphatic rings. The average molecular weight is 417 g/mol. The van der Waals surface area contributed by atoms with Gasteiger partial charge in [-0.05, 0) is 29.8 Å². The Balaban J connectivity index is 1.44. The molecule has 1 atom stereocenters. The molecule has 2 heterocycles. The number of Topliss-reactive ketones (excluding diaryl/α,β-unsaturated/α-hetero) is 1. The maximum Gasteiger partial charge on any atom is 0.329 e. The molecule has 7 heteroatoms. The number of hydrogen-bond acceptors (Lipinski definition) is 6. The number of carbonyl (C=O) groups excluding carboxylic acids is 3. The maximum atomic E-state index is 12.7. The zero-order valence-electron chi connectivity index (χ0n) is 16.4. The van der Waals surface area contributed by atoms with Crippen molar-refractivity contribution in [3.05, 3.63) is 96.1 Å². The minimum absolute atomic E-state index is 0.0733. The molecular formula is C24H19NO6. The van der Waals surface area contributed by atoms with E-state index in [9.17, 15) is 14.4 Å². The van der Waals surface area contributed by atoms with Crippen LogP contribution in [0.2, 0.25) is 0 Å². The SMILES string of the molecule is O=C(COC(=O)[C@H](Cc1ccccc1)NC(=O)c1ccco1)c1cc2ccccc2o1. The summed E-state index contributed by atoms with van der Waals surface area (Å²) in [5.41, 5.74) is 1.40. The van der Waals surface area contributed by atoms with Gasteiger partial charge in [0, 0.05) is 11.8 Å². The van der Waals surface area contributed by atoms with Gasteiger partial charge in [-0.3, -0.25) is 9.59 Å². The van der Waals surface area contributed by atoms with Crippen molar-refractivity contribution in [3.63, 3.8) is 0 Å². The lowest BCUT2D eigenvalue weighted by molar-refractivity contribution is -0.144. The van der Waals surface area contributed by atoms with E-state index in [0.29, 0.717) is 5.58 Å². The molecule has 0 bridgehead atoms. The monoisotopic (exact) mass is 417 g/mol. The van der Waals surface area contributed by atoms with Gasteiger partial charge in [0.15, 0.2) is 18.1 Å². The first-order valence-corrected chi connectivity index (χ1v) is 9.67. The summed E-state index contributed by atoms with van der Waals surface area (Å²) in [4.78, 5) is 37.5. The van der Waals surface area contributed by atoms with Crippen LogP contribution in [-0.4, -0.2) is 30.3 Å². The zero-order chi connectivity index (χ0) is 21.6. The summed E-state index contributed by atoms with van der Waals surface area (Å²) in [6.07, 6.45) is 1.57. The highest BCUT2D eigenvalue weighted by molar-refractivity contribution is 5.99. The molecule has 0 aliphatic carbocycles. The second-order valence-electron chi connectivity index (χ2n) is 6.87. The number of fused-ring (bicyclic) bond motifs is 1. The highest BCUT2D eigenvalue weighted by Crippen LogP contribution is 2.19. The Hall–Kier alpha value is -4.13. The van der Waals surface area contributed by atoms with Crippen LogP contribution in [0.4, 0.5) is 0 Å². The summed E-state index contributed by atoms with van der Waals surface area (Å²) in [6, 6.07) is 20.1. The topological polar surface area (TPSA) is 98.8 Å². The van der Waals surface area contributed by atoms with Crippen LogP contribution >= 0.6 is 0 Å². The molecular weight excluding hydrogens is 398 g/mol. The van der Waals surface area contributed by atoms with Crippen LogP contribution in [0.15, 0.2) is 87.9 Å². The van der Waals surface area contributed by atoms with Crippen molar-refractivity contribution in [3.8, 4) is 0 Å². The fraction of sp³-hybridized carbons (Fsp3) is 0.125. The minimum Gasteiger partial charge on any atom is -0.459 e. The number of carbonyl (C=O) groups is 3. The van der Waals surface area contributed by atoms with Gasteiger partial charge in [-0.25, -0.2) is 4.79 Å². The van der Waals surface area contributed by atoms with Crippen molar-refractivity contribution in [2.75, 3.05) is 6.61 Å². The normalized spacial score (nSPS) is 11.7. The standard InChI is InChI=1S/C24H19NO6/c26-19(22-14-17-9-4-5-10-20(17)31-22)15-30-24(28)18(13-16-7-2-1-3-8-16)25-23(27)21-11-6-12-29-21/h1-12,14,18H,13,15H2,(H,25,27)/t18-/m0/s1. The highest BCUT2D eigenvalue weighted by atomic mass is 16.5. The number of hydrogen-bond donors (Lipinski definition) is 1. The van der Waals surface area contributed by atoms with Gasteiger partial charge in [0.1, 0.15) is 11.6 Å². The molecule has 0 aliphatic heterocycles. The average Bonchev–Trinajstić information content (AvgIpc) is 3.47. The van der Waals surface area contributed by atoms with E-state index < -0.39 is 30.3 Å². The number of nitrogens with one attached hydrogen (secondary N) is 1. The Kier molecular flexibility index (Phi) is 5.93. The molecule has 4 rings (SSSR count). The maximum absolute atomic E-state index is 12.7. The number of para-hydroxylation sites is 1. The zero-order valence-corrected chi connectivity index (χ0v) is 16.4. The van der Waals surface area contributed by atoms with E-state index in [1.54, 1.807) is 24.3 Å². The van der Waals surface area contributed by atoms with Crippen molar-refractivity contribution in [1.29, 1.82) is 0 Å². The number of amides is 1. The molecule has 0 fully saturated rings. The molecule has 0 spiro atoms. The summed E-state index contributed by atoms with van der Waals surface area (Å²) in [5.74, 6) is -1.57. The number of benzene rings is 2. The first kappa shape index (κ1) is 20.2. The van der Waals surface area contributed by atoms with E-state index in [2.05, 4.69) is 5.32 Å². The van der Waals surface area contributed by atoms with Crippen LogP contribution in [-0.2, 0) is 16.0 Å². The molecule has 0 saturated carbocycles. The quantitative estimate of drug-likeness (QED) is 0.346. The lowest BCUT2D eigenvalue weighted by Crippen LogP contribution is -2.43. The van der Waals surface area contributed by atoms with Crippen LogP contribution in [0.5, 0.6) is 0 Å². The Morgan fingerprint density at radius 3 is 2.42 bits per heavy atom. The lowest BCUT2D eigenvalue weighted by atomic mass is 10.1. The summed E-state index contributed by atoms with van der Waals surface area (Å²) in [7, 11) is 0. The van der Waals surface area contributed by atoms with Crippen molar-refractivity contribution in [2.45, 2.75) is 12.5 Å². The van der Waals surface area contributed by atoms with E-state index in [0.717, 1.165) is 10.9 Å². The number of esters is 1. The second kappa shape index (κ2) is 9.13. The number of furan rings is 2. The van der Waals surface area contributed by atoms with Crippen molar-refractivity contribution < 1.29 is 28.0 Å². The van der Waals surface area contributed by atoms with Gasteiger partial charge < -0.3 is 18.9 Å². The molecule has 0 unspecified atom stereocenters. The van der Waals surface area contributed by atoms with E-state index in [1.807, 2.05) is 42.5 Å². The number of ketones is 1. The van der Waals surface area contributed by atoms with Gasteiger partial charge >= 0.3 is 5.97 Å². The Morgan fingerprint density at radius 1 is 0.903 bits per heavy atom. The molecule has 0 saturated heterocycles. The molecule has 156 valence electrons. The highest BCUT2D eigenvalue weighted by Gasteiger charge is 2.25. The minimum atomic E-state index is -0.997. The van der Waals surface area contributed by atoms with Crippen LogP contribution in [0.1, 0.15) is 26.7 Å². The fourth-order valence-electron chi connectivity index (χ4n) is 3.11. The first-order valence-electron chi connectivity index (χ1n) is 9.67. The Morgan fingerprint density at radius 2 is 1.68 bits per heavy atom. The Labute approximate surface area is 177 Å². The van der Waals surface area contributed by atoms with Gasteiger partial charge in [0.05, 0.1) is 6.26 Å². The van der Waals surface area contributed by atoms with Crippen LogP contribution in [0.25, 0.3) is 11.0 Å². The number of rotatable bonds is 8. The third kappa shape index (κ3) is 4.90. The molecule has 7 nitrogen and oxygen atoms in total. The van der Waals surface area contributed by atoms with Crippen molar-refractivity contribution >= 4 is 28.6 Å². The first-order chi connectivity index (χ1) is 15.1. The number of ether oxygens (including phenoxy) is 1. The summed E-state index contributed by atoms with van der Waals surface area (Å²) >= 11 is 0. The van der Waals surface area contributed by atoms with Crippen molar-refractivity contribution in [1.82, 2.24) is 5.32 Å². The van der Waals surface area contributed by atoms with E-state index in [-0.39, 0.29) is 17.9 Å². The van der Waals surface area contributed by atoms with Gasteiger partial charge in [-0.15, -0.1) is 0 Å². The molecule has 2 aromatic heterocycles. The summed E-state index contributed by atoms with van der Waals surface area (Å²) < 4.78 is 15.8. The van der Waals surface area contributed by atoms with E-state index in [4.69, 9.17) is 13.6 Å². The molecule has 31 heavy (non-hydrogen) atoms. The van der Waals surface area contributed by atoms with Crippen molar-refractivity contribution in [2.24, 2.45) is 0 Å². The smallest absolute Gasteiger partial charge is 0.329 e. The van der Waals surface area contributed by atoms with Crippen LogP contribution < -0.4 is 5.32 Å². The largest absolute Gasteiger partial charge is 0.459 e. The predicted octanol–water partition coefficient (Wildman–Crippen LogP) is 3.79.